The van der Waals surface area contributed by atoms with Gasteiger partial charge >= 0.3 is 0 Å². The van der Waals surface area contributed by atoms with E-state index in [1.807, 2.05) is 42.6 Å². The van der Waals surface area contributed by atoms with Crippen LogP contribution in [0.3, 0.4) is 0 Å². The zero-order chi connectivity index (χ0) is 19.3. The van der Waals surface area contributed by atoms with E-state index in [-0.39, 0.29) is 11.8 Å². The lowest BCUT2D eigenvalue weighted by atomic mass is 10.0. The first-order chi connectivity index (χ1) is 13.7. The molecule has 2 heterocycles. The van der Waals surface area contributed by atoms with E-state index >= 15 is 0 Å². The molecule has 0 bridgehead atoms. The maximum Gasteiger partial charge on any atom is 0.228 e. The summed E-state index contributed by atoms with van der Waals surface area (Å²) in [7, 11) is 0. The molecule has 0 spiro atoms. The number of hydrogen-bond donors (Lipinski definition) is 2. The van der Waals surface area contributed by atoms with Gasteiger partial charge < -0.3 is 14.5 Å². The van der Waals surface area contributed by atoms with E-state index in [0.717, 1.165) is 52.9 Å². The summed E-state index contributed by atoms with van der Waals surface area (Å²) in [5, 5.41) is 12.5. The number of H-pyrrole nitrogens is 1. The number of nitrogens with one attached hydrogen (secondary N) is 2. The van der Waals surface area contributed by atoms with Crippen molar-refractivity contribution in [3.8, 4) is 22.9 Å². The number of fused-ring (bicyclic) bond motifs is 1. The molecule has 1 fully saturated rings. The smallest absolute Gasteiger partial charge is 0.228 e. The second kappa shape index (κ2) is 8.36. The summed E-state index contributed by atoms with van der Waals surface area (Å²) in [6.45, 7) is 0. The summed E-state index contributed by atoms with van der Waals surface area (Å²) in [6, 6.07) is 13.9. The van der Waals surface area contributed by atoms with Crippen LogP contribution in [0.25, 0.3) is 22.2 Å². The third-order valence-electron chi connectivity index (χ3n) is 4.56. The SMILES string of the molecule is N#CCCCSOc1ccc(-c2cc(NC(=O)C3CC3)nc3[nH]ccc23)cc1. The van der Waals surface area contributed by atoms with Crippen molar-refractivity contribution in [3.63, 3.8) is 0 Å². The summed E-state index contributed by atoms with van der Waals surface area (Å²) in [6.07, 6.45) is 5.13. The molecule has 0 unspecified atom stereocenters. The summed E-state index contributed by atoms with van der Waals surface area (Å²) in [4.78, 5) is 19.8. The van der Waals surface area contributed by atoms with E-state index < -0.39 is 0 Å². The number of unbranched alkanes of at least 4 members (excludes halogenated alkanes) is 1. The van der Waals surface area contributed by atoms with E-state index in [4.69, 9.17) is 9.44 Å². The average Bonchev–Trinajstić information content (AvgIpc) is 3.46. The number of benzene rings is 1. The van der Waals surface area contributed by atoms with Gasteiger partial charge in [0.2, 0.25) is 5.91 Å². The number of carbonyl (C=O) groups is 1. The van der Waals surface area contributed by atoms with Crippen molar-refractivity contribution < 1.29 is 8.98 Å². The molecule has 2 N–H and O–H groups in total. The van der Waals surface area contributed by atoms with Crippen LogP contribution < -0.4 is 9.50 Å². The fraction of sp³-hybridized carbons (Fsp3) is 0.286. The minimum atomic E-state index is 0.0431. The van der Waals surface area contributed by atoms with Crippen LogP contribution in [-0.2, 0) is 4.79 Å². The van der Waals surface area contributed by atoms with E-state index in [1.54, 1.807) is 0 Å². The number of anilines is 1. The monoisotopic (exact) mass is 392 g/mol. The van der Waals surface area contributed by atoms with Crippen LogP contribution in [0.5, 0.6) is 5.75 Å². The van der Waals surface area contributed by atoms with Gasteiger partial charge in [0, 0.05) is 29.7 Å². The van der Waals surface area contributed by atoms with Crippen LogP contribution in [0, 0.1) is 17.2 Å². The summed E-state index contributed by atoms with van der Waals surface area (Å²) in [5.74, 6) is 2.30. The molecule has 28 heavy (non-hydrogen) atoms. The van der Waals surface area contributed by atoms with Crippen LogP contribution in [0.1, 0.15) is 25.7 Å². The Labute approximate surface area is 167 Å². The molecule has 1 aliphatic rings. The molecule has 0 saturated heterocycles. The molecule has 1 aliphatic carbocycles. The molecule has 3 aromatic rings. The largest absolute Gasteiger partial charge is 0.426 e. The maximum absolute atomic E-state index is 12.1. The van der Waals surface area contributed by atoms with E-state index in [1.165, 1.54) is 12.0 Å². The number of nitriles is 1. The van der Waals surface area contributed by atoms with Crippen molar-refractivity contribution >= 4 is 34.8 Å². The highest BCUT2D eigenvalue weighted by molar-refractivity contribution is 7.95. The van der Waals surface area contributed by atoms with Crippen LogP contribution in [-0.4, -0.2) is 21.6 Å². The lowest BCUT2D eigenvalue weighted by Crippen LogP contribution is -2.14. The Hall–Kier alpha value is -2.98. The highest BCUT2D eigenvalue weighted by Crippen LogP contribution is 2.33. The number of pyridine rings is 1. The second-order valence-corrected chi connectivity index (χ2v) is 7.56. The van der Waals surface area contributed by atoms with Gasteiger partial charge in [-0.25, -0.2) is 4.98 Å². The second-order valence-electron chi connectivity index (χ2n) is 6.75. The van der Waals surface area contributed by atoms with Gasteiger partial charge in [-0.15, -0.1) is 0 Å². The minimum absolute atomic E-state index is 0.0431. The van der Waals surface area contributed by atoms with Gasteiger partial charge in [0.1, 0.15) is 17.2 Å². The lowest BCUT2D eigenvalue weighted by Gasteiger charge is -2.10. The van der Waals surface area contributed by atoms with Crippen LogP contribution in [0.2, 0.25) is 0 Å². The minimum Gasteiger partial charge on any atom is -0.426 e. The van der Waals surface area contributed by atoms with Gasteiger partial charge in [0.25, 0.3) is 0 Å². The van der Waals surface area contributed by atoms with Crippen molar-refractivity contribution in [2.75, 3.05) is 11.1 Å². The van der Waals surface area contributed by atoms with Gasteiger partial charge in [-0.2, -0.15) is 5.26 Å². The average molecular weight is 392 g/mol. The van der Waals surface area contributed by atoms with Gasteiger partial charge in [0.05, 0.1) is 18.1 Å². The zero-order valence-electron chi connectivity index (χ0n) is 15.3. The molecule has 6 nitrogen and oxygen atoms in total. The first-order valence-corrected chi connectivity index (χ1v) is 10.2. The van der Waals surface area contributed by atoms with Crippen molar-refractivity contribution in [1.82, 2.24) is 9.97 Å². The van der Waals surface area contributed by atoms with E-state index in [9.17, 15) is 4.79 Å². The van der Waals surface area contributed by atoms with Crippen LogP contribution >= 0.6 is 12.0 Å². The van der Waals surface area contributed by atoms with Gasteiger partial charge in [0.15, 0.2) is 0 Å². The molecule has 0 atom stereocenters. The van der Waals surface area contributed by atoms with Crippen molar-refractivity contribution in [1.29, 1.82) is 5.26 Å². The number of rotatable bonds is 8. The lowest BCUT2D eigenvalue weighted by molar-refractivity contribution is -0.117. The summed E-state index contributed by atoms with van der Waals surface area (Å²) < 4.78 is 5.66. The number of aromatic nitrogens is 2. The highest BCUT2D eigenvalue weighted by atomic mass is 32.2. The first kappa shape index (κ1) is 18.4. The normalized spacial score (nSPS) is 13.2. The molecule has 7 heteroatoms. The van der Waals surface area contributed by atoms with Gasteiger partial charge in [-0.1, -0.05) is 12.1 Å². The number of nitrogens with zero attached hydrogens (tertiary/aromatic N) is 2. The van der Waals surface area contributed by atoms with Gasteiger partial charge in [-0.3, -0.25) is 4.79 Å². The molecule has 1 saturated carbocycles. The van der Waals surface area contributed by atoms with Crippen LogP contribution in [0.4, 0.5) is 5.82 Å². The molecular formula is C21H20N4O2S. The topological polar surface area (TPSA) is 90.8 Å². The third kappa shape index (κ3) is 4.29. The Kier molecular flexibility index (Phi) is 5.49. The maximum atomic E-state index is 12.1. The Morgan fingerprint density at radius 2 is 2.14 bits per heavy atom. The quantitative estimate of drug-likeness (QED) is 0.420. The summed E-state index contributed by atoms with van der Waals surface area (Å²) >= 11 is 1.36. The fourth-order valence-corrected chi connectivity index (χ4v) is 3.52. The zero-order valence-corrected chi connectivity index (χ0v) is 16.1. The Morgan fingerprint density at radius 1 is 1.32 bits per heavy atom. The number of carbonyl (C=O) groups excluding carboxylic acids is 1. The Bertz CT molecular complexity index is 1020. The predicted molar refractivity (Wildman–Crippen MR) is 111 cm³/mol. The molecular weight excluding hydrogens is 372 g/mol. The number of hydrogen-bond acceptors (Lipinski definition) is 5. The van der Waals surface area contributed by atoms with E-state index in [0.29, 0.717) is 12.2 Å². The predicted octanol–water partition coefficient (Wildman–Crippen LogP) is 4.91. The molecule has 0 aliphatic heterocycles. The molecule has 4 rings (SSSR count). The van der Waals surface area contributed by atoms with Crippen molar-refractivity contribution in [2.45, 2.75) is 25.7 Å². The molecule has 142 valence electrons. The van der Waals surface area contributed by atoms with Crippen LogP contribution in [0.15, 0.2) is 42.6 Å². The fourth-order valence-electron chi connectivity index (χ4n) is 2.92. The van der Waals surface area contributed by atoms with Crippen molar-refractivity contribution in [3.05, 3.63) is 42.6 Å². The molecule has 0 radical (unpaired) electrons. The molecule has 1 amide bonds. The van der Waals surface area contributed by atoms with Gasteiger partial charge in [-0.05, 0) is 54.7 Å². The Morgan fingerprint density at radius 3 is 2.89 bits per heavy atom. The van der Waals surface area contributed by atoms with Crippen molar-refractivity contribution in [2.24, 2.45) is 5.92 Å². The summed E-state index contributed by atoms with van der Waals surface area (Å²) in [5.41, 5.74) is 2.78. The highest BCUT2D eigenvalue weighted by Gasteiger charge is 2.30. The molecule has 2 aromatic heterocycles. The molecule has 1 aromatic carbocycles. The van der Waals surface area contributed by atoms with E-state index in [2.05, 4.69) is 21.4 Å². The number of aromatic amines is 1. The first-order valence-electron chi connectivity index (χ1n) is 9.30. The third-order valence-corrected chi connectivity index (χ3v) is 5.33. The standard InChI is InChI=1S/C21H20N4O2S/c22-10-1-2-12-28-27-16-7-5-14(6-8-16)18-13-19(25-21(26)15-3-4-15)24-20-17(18)9-11-23-20/h5-9,11,13,15H,1-4,12H2,(H2,23,24,25,26). The Balaban J connectivity index is 1.51. The number of amides is 1.